The van der Waals surface area contributed by atoms with E-state index in [0.717, 1.165) is 0 Å². The molecule has 5 atom stereocenters. The third kappa shape index (κ3) is 1.48. The van der Waals surface area contributed by atoms with Gasteiger partial charge in [-0.15, -0.1) is 0 Å². The van der Waals surface area contributed by atoms with E-state index < -0.39 is 22.4 Å². The van der Waals surface area contributed by atoms with E-state index in [9.17, 15) is 10.2 Å². The smallest absolute Gasteiger partial charge is 0.203 e. The molecule has 4 unspecified atom stereocenters. The van der Waals surface area contributed by atoms with Crippen LogP contribution in [0.2, 0.25) is 0 Å². The molecule has 0 amide bonds. The molecule has 2 bridgehead atoms. The molecule has 0 aromatic carbocycles. The van der Waals surface area contributed by atoms with E-state index in [2.05, 4.69) is 0 Å². The summed E-state index contributed by atoms with van der Waals surface area (Å²) in [6.45, 7) is 9.63. The average molecular weight is 274 g/mol. The Labute approximate surface area is 114 Å². The van der Waals surface area contributed by atoms with Crippen LogP contribution in [0.3, 0.4) is 0 Å². The first-order valence-corrected chi connectivity index (χ1v) is 6.82. The Morgan fingerprint density at radius 1 is 1.26 bits per heavy atom. The van der Waals surface area contributed by atoms with Crippen molar-refractivity contribution in [1.29, 1.82) is 0 Å². The fourth-order valence-corrected chi connectivity index (χ4v) is 3.84. The lowest BCUT2D eigenvalue weighted by atomic mass is 9.52. The molecule has 3 heterocycles. The van der Waals surface area contributed by atoms with Crippen LogP contribution in [0.4, 0.5) is 0 Å². The zero-order valence-corrected chi connectivity index (χ0v) is 12.7. The molecule has 3 rings (SSSR count). The van der Waals surface area contributed by atoms with Crippen molar-refractivity contribution in [2.24, 2.45) is 11.3 Å². The molecule has 0 aromatic heterocycles. The van der Waals surface area contributed by atoms with Crippen LogP contribution in [0.1, 0.15) is 34.6 Å². The highest BCUT2D eigenvalue weighted by Gasteiger charge is 2.83. The van der Waals surface area contributed by atoms with Gasteiger partial charge in [0.25, 0.3) is 0 Å². The van der Waals surface area contributed by atoms with Gasteiger partial charge in [0.1, 0.15) is 11.2 Å². The predicted molar refractivity (Wildman–Crippen MR) is 69.6 cm³/mol. The summed E-state index contributed by atoms with van der Waals surface area (Å²) in [4.78, 5) is 0. The monoisotopic (exact) mass is 274 g/mol. The van der Waals surface area contributed by atoms with Crippen molar-refractivity contribution in [1.82, 2.24) is 0 Å². The van der Waals surface area contributed by atoms with E-state index in [0.29, 0.717) is 6.61 Å². The fraction of sp³-hybridized carbons (Fsp3) is 1.00. The SMILES string of the molecule is COC[C@]1(C)C2(CO)OC(C(C)C)C(C)(O)C1(C)O2. The summed E-state index contributed by atoms with van der Waals surface area (Å²) in [7, 11) is 1.60. The zero-order chi connectivity index (χ0) is 14.7. The van der Waals surface area contributed by atoms with Crippen molar-refractivity contribution >= 4 is 0 Å². The molecular formula is C14H26O5. The van der Waals surface area contributed by atoms with Gasteiger partial charge in [0, 0.05) is 7.11 Å². The predicted octanol–water partition coefficient (Wildman–Crippen LogP) is 0.922. The van der Waals surface area contributed by atoms with Crippen molar-refractivity contribution in [3.05, 3.63) is 0 Å². The largest absolute Gasteiger partial charge is 0.391 e. The van der Waals surface area contributed by atoms with Crippen LogP contribution in [-0.4, -0.2) is 53.6 Å². The maximum atomic E-state index is 11.0. The minimum atomic E-state index is -1.15. The lowest BCUT2D eigenvalue weighted by Crippen LogP contribution is -2.91. The van der Waals surface area contributed by atoms with Gasteiger partial charge in [-0.1, -0.05) is 13.8 Å². The van der Waals surface area contributed by atoms with Gasteiger partial charge in [-0.2, -0.15) is 0 Å². The normalized spacial score (nSPS) is 53.2. The number of rotatable bonds is 4. The minimum absolute atomic E-state index is 0.122. The maximum absolute atomic E-state index is 11.0. The van der Waals surface area contributed by atoms with Crippen LogP contribution in [-0.2, 0) is 14.2 Å². The molecular weight excluding hydrogens is 248 g/mol. The van der Waals surface area contributed by atoms with Crippen molar-refractivity contribution in [3.63, 3.8) is 0 Å². The Kier molecular flexibility index (Phi) is 3.32. The Morgan fingerprint density at radius 2 is 1.84 bits per heavy atom. The van der Waals surface area contributed by atoms with Gasteiger partial charge in [-0.3, -0.25) is 0 Å². The molecule has 19 heavy (non-hydrogen) atoms. The topological polar surface area (TPSA) is 68.2 Å². The second-order valence-corrected chi connectivity index (χ2v) is 6.74. The van der Waals surface area contributed by atoms with Crippen LogP contribution in [0.25, 0.3) is 0 Å². The quantitative estimate of drug-likeness (QED) is 0.798. The van der Waals surface area contributed by atoms with Crippen LogP contribution in [0.5, 0.6) is 0 Å². The fourth-order valence-electron chi connectivity index (χ4n) is 3.84. The molecule has 112 valence electrons. The van der Waals surface area contributed by atoms with Gasteiger partial charge in [0.15, 0.2) is 0 Å². The lowest BCUT2D eigenvalue weighted by Gasteiger charge is -2.76. The number of methoxy groups -OCH3 is 1. The molecule has 0 radical (unpaired) electrons. The second-order valence-electron chi connectivity index (χ2n) is 6.74. The van der Waals surface area contributed by atoms with Gasteiger partial charge in [0.2, 0.25) is 5.79 Å². The van der Waals surface area contributed by atoms with E-state index in [4.69, 9.17) is 14.2 Å². The summed E-state index contributed by atoms with van der Waals surface area (Å²) in [5.41, 5.74) is -2.56. The van der Waals surface area contributed by atoms with Gasteiger partial charge in [-0.25, -0.2) is 0 Å². The number of hydrogen-bond donors (Lipinski definition) is 2. The van der Waals surface area contributed by atoms with Crippen LogP contribution in [0, 0.1) is 11.3 Å². The summed E-state index contributed by atoms with van der Waals surface area (Å²) < 4.78 is 17.1. The average Bonchev–Trinajstić information content (AvgIpc) is 2.31. The van der Waals surface area contributed by atoms with E-state index in [-0.39, 0.29) is 18.6 Å². The summed E-state index contributed by atoms with van der Waals surface area (Å²) in [6, 6.07) is 0. The van der Waals surface area contributed by atoms with Gasteiger partial charge >= 0.3 is 0 Å². The molecule has 0 spiro atoms. The van der Waals surface area contributed by atoms with Crippen LogP contribution in [0.15, 0.2) is 0 Å². The van der Waals surface area contributed by atoms with Crippen LogP contribution >= 0.6 is 0 Å². The van der Waals surface area contributed by atoms with Crippen molar-refractivity contribution in [2.75, 3.05) is 20.3 Å². The number of ether oxygens (including phenoxy) is 3. The van der Waals surface area contributed by atoms with Gasteiger partial charge in [0.05, 0.1) is 24.7 Å². The first-order valence-electron chi connectivity index (χ1n) is 6.82. The first kappa shape index (κ1) is 15.2. The Balaban J connectivity index is 2.47. The second kappa shape index (κ2) is 4.15. The molecule has 3 aliphatic heterocycles. The van der Waals surface area contributed by atoms with E-state index in [1.54, 1.807) is 14.0 Å². The van der Waals surface area contributed by atoms with E-state index >= 15 is 0 Å². The van der Waals surface area contributed by atoms with Gasteiger partial charge in [-0.05, 0) is 26.7 Å². The molecule has 0 saturated carbocycles. The molecule has 0 aliphatic carbocycles. The number of aliphatic hydroxyl groups excluding tert-OH is 1. The standard InChI is InChI=1S/C14H26O5/c1-9(2)10-12(4,16)13(5)11(3,8-17-6)14(7-15,18-10)19-13/h9-10,15-16H,7-8H2,1-6H3/t10?,11-,12?,13?,14?/m0/s1. The Hall–Kier alpha value is -0.200. The molecule has 5 heteroatoms. The highest BCUT2D eigenvalue weighted by Crippen LogP contribution is 2.67. The molecule has 5 nitrogen and oxygen atoms in total. The van der Waals surface area contributed by atoms with E-state index in [1.165, 1.54) is 0 Å². The minimum Gasteiger partial charge on any atom is -0.391 e. The highest BCUT2D eigenvalue weighted by molar-refractivity contribution is 5.25. The Bertz CT molecular complexity index is 369. The Morgan fingerprint density at radius 3 is 2.26 bits per heavy atom. The van der Waals surface area contributed by atoms with Crippen molar-refractivity contribution in [3.8, 4) is 0 Å². The third-order valence-corrected chi connectivity index (χ3v) is 5.35. The zero-order valence-electron chi connectivity index (χ0n) is 12.7. The van der Waals surface area contributed by atoms with Gasteiger partial charge < -0.3 is 24.4 Å². The molecule has 0 aromatic rings. The molecule has 3 saturated heterocycles. The molecule has 2 N–H and O–H groups in total. The van der Waals surface area contributed by atoms with Crippen molar-refractivity contribution in [2.45, 2.75) is 57.7 Å². The number of aliphatic hydroxyl groups is 2. The summed E-state index contributed by atoms with van der Waals surface area (Å²) in [6.07, 6.45) is -0.386. The maximum Gasteiger partial charge on any atom is 0.203 e. The van der Waals surface area contributed by atoms with Crippen molar-refractivity contribution < 1.29 is 24.4 Å². The molecule has 3 aliphatic rings. The third-order valence-electron chi connectivity index (χ3n) is 5.35. The molecule has 3 fully saturated rings. The number of fused-ring (bicyclic) bond motifs is 2. The number of hydrogen-bond acceptors (Lipinski definition) is 5. The summed E-state index contributed by atoms with van der Waals surface area (Å²) >= 11 is 0. The van der Waals surface area contributed by atoms with E-state index in [1.807, 2.05) is 27.7 Å². The summed E-state index contributed by atoms with van der Waals surface area (Å²) in [5, 5.41) is 20.7. The highest BCUT2D eigenvalue weighted by atomic mass is 16.8. The lowest BCUT2D eigenvalue weighted by molar-refractivity contribution is -0.559. The van der Waals surface area contributed by atoms with Crippen LogP contribution < -0.4 is 0 Å². The summed E-state index contributed by atoms with van der Waals surface area (Å²) in [5.74, 6) is -0.967. The first-order chi connectivity index (χ1) is 8.62.